The van der Waals surface area contributed by atoms with Gasteiger partial charge in [-0.25, -0.2) is 0 Å². The van der Waals surface area contributed by atoms with Crippen molar-refractivity contribution in [2.75, 3.05) is 0 Å². The van der Waals surface area contributed by atoms with Crippen LogP contribution in [0.2, 0.25) is 0 Å². The van der Waals surface area contributed by atoms with Crippen LogP contribution in [0.5, 0.6) is 0 Å². The maximum absolute atomic E-state index is 11.3. The third-order valence-electron chi connectivity index (χ3n) is 2.72. The topological polar surface area (TPSA) is 54.4 Å². The van der Waals surface area contributed by atoms with Crippen LogP contribution < -0.4 is 0 Å². The molecule has 0 amide bonds. The van der Waals surface area contributed by atoms with Crippen molar-refractivity contribution in [3.05, 3.63) is 34.0 Å². The minimum absolute atomic E-state index is 0.515. The van der Waals surface area contributed by atoms with Gasteiger partial charge >= 0.3 is 5.97 Å². The highest BCUT2D eigenvalue weighted by atomic mass is 32.1. The van der Waals surface area contributed by atoms with Crippen molar-refractivity contribution in [1.82, 2.24) is 0 Å². The molecule has 0 aromatic carbocycles. The van der Waals surface area contributed by atoms with Gasteiger partial charge in [0.1, 0.15) is 5.41 Å². The van der Waals surface area contributed by atoms with Crippen LogP contribution in [-0.4, -0.2) is 17.4 Å². The normalized spacial score (nSPS) is 17.9. The van der Waals surface area contributed by atoms with E-state index in [1.807, 2.05) is 12.2 Å². The van der Waals surface area contributed by atoms with Gasteiger partial charge in [-0.15, -0.1) is 11.3 Å². The van der Waals surface area contributed by atoms with Crippen LogP contribution in [0, 0.1) is 0 Å². The zero-order chi connectivity index (χ0) is 10.9. The van der Waals surface area contributed by atoms with E-state index in [1.54, 1.807) is 12.1 Å². The Bertz CT molecular complexity index is 423. The zero-order valence-electron chi connectivity index (χ0n) is 7.97. The lowest BCUT2D eigenvalue weighted by molar-refractivity contribution is -0.143. The fourth-order valence-corrected chi connectivity index (χ4v) is 2.83. The van der Waals surface area contributed by atoms with Crippen LogP contribution >= 0.6 is 11.3 Å². The Hall–Kier alpha value is -1.42. The molecule has 0 aliphatic heterocycles. The molecule has 1 heterocycles. The third kappa shape index (κ3) is 1.51. The number of carboxylic acid groups (broad SMARTS) is 1. The van der Waals surface area contributed by atoms with Gasteiger partial charge in [0.05, 0.1) is 4.88 Å². The summed E-state index contributed by atoms with van der Waals surface area (Å²) in [4.78, 5) is 23.2. The molecule has 0 fully saturated rings. The van der Waals surface area contributed by atoms with Crippen LogP contribution in [0.1, 0.15) is 27.4 Å². The minimum Gasteiger partial charge on any atom is -0.481 e. The number of aliphatic carboxylic acids is 1. The number of allylic oxidation sites excluding steroid dienone is 2. The average molecular weight is 222 g/mol. The van der Waals surface area contributed by atoms with Crippen molar-refractivity contribution in [1.29, 1.82) is 0 Å². The Labute approximate surface area is 91.0 Å². The second kappa shape index (κ2) is 3.62. The highest BCUT2D eigenvalue weighted by molar-refractivity contribution is 7.13. The van der Waals surface area contributed by atoms with E-state index in [0.29, 0.717) is 17.7 Å². The Morgan fingerprint density at radius 3 is 2.53 bits per heavy atom. The molecule has 0 saturated heterocycles. The summed E-state index contributed by atoms with van der Waals surface area (Å²) in [6.45, 7) is 0. The molecular weight excluding hydrogens is 212 g/mol. The maximum atomic E-state index is 11.3. The van der Waals surface area contributed by atoms with E-state index in [9.17, 15) is 14.7 Å². The van der Waals surface area contributed by atoms with E-state index in [1.165, 1.54) is 11.3 Å². The summed E-state index contributed by atoms with van der Waals surface area (Å²) in [5.74, 6) is -0.813. The number of rotatable bonds is 3. The van der Waals surface area contributed by atoms with Gasteiger partial charge < -0.3 is 5.11 Å². The second-order valence-electron chi connectivity index (χ2n) is 3.59. The summed E-state index contributed by atoms with van der Waals surface area (Å²) in [7, 11) is 0. The van der Waals surface area contributed by atoms with Crippen molar-refractivity contribution in [2.45, 2.75) is 18.3 Å². The first-order valence-electron chi connectivity index (χ1n) is 4.63. The molecule has 1 aliphatic carbocycles. The standard InChI is InChI=1S/C11H10O3S/c12-7-8-3-4-9(15-8)11(10(13)14)5-1-2-6-11/h1-4,7H,5-6H2,(H,13,14). The summed E-state index contributed by atoms with van der Waals surface area (Å²) in [6, 6.07) is 3.42. The van der Waals surface area contributed by atoms with Gasteiger partial charge in [-0.2, -0.15) is 0 Å². The number of carbonyl (C=O) groups excluding carboxylic acids is 1. The summed E-state index contributed by atoms with van der Waals surface area (Å²) >= 11 is 1.27. The first-order valence-corrected chi connectivity index (χ1v) is 5.44. The number of carboxylic acids is 1. The van der Waals surface area contributed by atoms with Gasteiger partial charge in [-0.05, 0) is 25.0 Å². The average Bonchev–Trinajstić information content (AvgIpc) is 2.87. The summed E-state index contributed by atoms with van der Waals surface area (Å²) in [5.41, 5.74) is -0.827. The van der Waals surface area contributed by atoms with Gasteiger partial charge in [-0.3, -0.25) is 9.59 Å². The van der Waals surface area contributed by atoms with Crippen LogP contribution in [0.4, 0.5) is 0 Å². The molecular formula is C11H10O3S. The van der Waals surface area contributed by atoms with Gasteiger partial charge in [0.2, 0.25) is 0 Å². The molecule has 0 unspecified atom stereocenters. The van der Waals surface area contributed by atoms with Gasteiger partial charge in [0.15, 0.2) is 6.29 Å². The van der Waals surface area contributed by atoms with Crippen LogP contribution in [0.15, 0.2) is 24.3 Å². The first kappa shape index (κ1) is 10.1. The molecule has 1 aromatic rings. The molecule has 1 N–H and O–H groups in total. The lowest BCUT2D eigenvalue weighted by Crippen LogP contribution is -2.31. The van der Waals surface area contributed by atoms with Crippen LogP contribution in [0.25, 0.3) is 0 Å². The van der Waals surface area contributed by atoms with E-state index >= 15 is 0 Å². The zero-order valence-corrected chi connectivity index (χ0v) is 8.79. The van der Waals surface area contributed by atoms with E-state index in [2.05, 4.69) is 0 Å². The number of thiophene rings is 1. The predicted molar refractivity (Wildman–Crippen MR) is 57.4 cm³/mol. The molecule has 0 saturated carbocycles. The number of aldehydes is 1. The minimum atomic E-state index is -0.827. The molecule has 0 bridgehead atoms. The molecule has 4 heteroatoms. The van der Waals surface area contributed by atoms with E-state index in [-0.39, 0.29) is 0 Å². The largest absolute Gasteiger partial charge is 0.481 e. The maximum Gasteiger partial charge on any atom is 0.315 e. The van der Waals surface area contributed by atoms with Crippen molar-refractivity contribution >= 4 is 23.6 Å². The van der Waals surface area contributed by atoms with Gasteiger partial charge in [0, 0.05) is 4.88 Å². The Morgan fingerprint density at radius 1 is 1.40 bits per heavy atom. The molecule has 0 radical (unpaired) electrons. The highest BCUT2D eigenvalue weighted by Crippen LogP contribution is 2.40. The Kier molecular flexibility index (Phi) is 2.44. The lowest BCUT2D eigenvalue weighted by atomic mass is 9.84. The Morgan fingerprint density at radius 2 is 2.07 bits per heavy atom. The quantitative estimate of drug-likeness (QED) is 0.630. The summed E-state index contributed by atoms with van der Waals surface area (Å²) in [6.07, 6.45) is 5.55. The number of hydrogen-bond acceptors (Lipinski definition) is 3. The summed E-state index contributed by atoms with van der Waals surface area (Å²) in [5, 5.41) is 9.28. The highest BCUT2D eigenvalue weighted by Gasteiger charge is 2.41. The second-order valence-corrected chi connectivity index (χ2v) is 4.70. The van der Waals surface area contributed by atoms with E-state index < -0.39 is 11.4 Å². The lowest BCUT2D eigenvalue weighted by Gasteiger charge is -2.21. The SMILES string of the molecule is O=Cc1ccc(C2(C(=O)O)CC=CC2)s1. The van der Waals surface area contributed by atoms with E-state index in [4.69, 9.17) is 0 Å². The van der Waals surface area contributed by atoms with E-state index in [0.717, 1.165) is 11.2 Å². The smallest absolute Gasteiger partial charge is 0.315 e. The third-order valence-corrected chi connectivity index (χ3v) is 3.94. The molecule has 0 spiro atoms. The van der Waals surface area contributed by atoms with Crippen LogP contribution in [-0.2, 0) is 10.2 Å². The van der Waals surface area contributed by atoms with Crippen molar-refractivity contribution in [2.24, 2.45) is 0 Å². The van der Waals surface area contributed by atoms with Crippen LogP contribution in [0.3, 0.4) is 0 Å². The molecule has 0 atom stereocenters. The number of carbonyl (C=O) groups is 2. The molecule has 3 nitrogen and oxygen atoms in total. The molecule has 78 valence electrons. The van der Waals surface area contributed by atoms with Gasteiger partial charge in [-0.1, -0.05) is 12.2 Å². The molecule has 15 heavy (non-hydrogen) atoms. The van der Waals surface area contributed by atoms with Crippen molar-refractivity contribution in [3.8, 4) is 0 Å². The fourth-order valence-electron chi connectivity index (χ4n) is 1.81. The number of hydrogen-bond donors (Lipinski definition) is 1. The van der Waals surface area contributed by atoms with Crippen molar-refractivity contribution < 1.29 is 14.7 Å². The molecule has 1 aromatic heterocycles. The predicted octanol–water partition coefficient (Wildman–Crippen LogP) is 2.23. The summed E-state index contributed by atoms with van der Waals surface area (Å²) < 4.78 is 0. The Balaban J connectivity index is 2.41. The first-order chi connectivity index (χ1) is 7.19. The molecule has 2 rings (SSSR count). The molecule has 1 aliphatic rings. The van der Waals surface area contributed by atoms with Gasteiger partial charge in [0.25, 0.3) is 0 Å². The monoisotopic (exact) mass is 222 g/mol. The fraction of sp³-hybridized carbons (Fsp3) is 0.273. The van der Waals surface area contributed by atoms with Crippen molar-refractivity contribution in [3.63, 3.8) is 0 Å².